The Morgan fingerprint density at radius 3 is 1.34 bits per heavy atom. The van der Waals surface area contributed by atoms with Crippen molar-refractivity contribution in [2.24, 2.45) is 0 Å². The number of carbonyl (C=O) groups excluding carboxylic acids is 4. The summed E-state index contributed by atoms with van der Waals surface area (Å²) in [4.78, 5) is 48.6. The molecule has 0 aliphatic carbocycles. The summed E-state index contributed by atoms with van der Waals surface area (Å²) in [5.41, 5.74) is 1.48. The monoisotopic (exact) mass is 1070 g/mol. The van der Waals surface area contributed by atoms with Crippen LogP contribution in [-0.4, -0.2) is 89.5 Å². The maximum atomic E-state index is 14.9. The summed E-state index contributed by atoms with van der Waals surface area (Å²) in [6.45, 7) is 11.5. The Bertz CT molecular complexity index is 3040. The standard InChI is InChI=1S/C46H48N6O10S4.Mo/c1-27(2)43(53)47-21-7-23-49-45(55)29-9-13-31(14-10-29)51(5)65(59,60)39-26-40(36-20-18-34-38(64(57)58)25-37(63)33-17-19-35(39)42(36)41(33)34)66(61,62)52(6)32-15-11-30(12-16-32)46(56)50-24-8-22-48-44(54)28(3)4;/h9-20,25-26,63H,1,3,7-8,21-24H2,2,4-6H3,(H,47,53)(H,48,54)(H,49,55)(H,50,56)(H,57,58);/p-1. The summed E-state index contributed by atoms with van der Waals surface area (Å²) in [7, 11) is -6.69. The van der Waals surface area contributed by atoms with Gasteiger partial charge in [-0.2, -0.15) is 0 Å². The van der Waals surface area contributed by atoms with E-state index in [1.807, 2.05) is 0 Å². The molecule has 6 rings (SSSR count). The average molecular weight is 1070 g/mol. The van der Waals surface area contributed by atoms with Crippen LogP contribution in [0.5, 0.6) is 0 Å². The van der Waals surface area contributed by atoms with Gasteiger partial charge in [-0.25, -0.2) is 16.8 Å². The zero-order chi connectivity index (χ0) is 48.2. The Balaban J connectivity index is 0.00000840. The van der Waals surface area contributed by atoms with Crippen LogP contribution in [-0.2, 0) is 61.8 Å². The zero-order valence-electron chi connectivity index (χ0n) is 36.8. The van der Waals surface area contributed by atoms with Crippen molar-refractivity contribution in [3.05, 3.63) is 120 Å². The van der Waals surface area contributed by atoms with E-state index in [9.17, 15) is 44.8 Å². The van der Waals surface area contributed by atoms with Crippen LogP contribution in [0.15, 0.2) is 129 Å². The topological polar surface area (TPSA) is 231 Å². The molecule has 0 spiro atoms. The molecule has 0 radical (unpaired) electrons. The van der Waals surface area contributed by atoms with Crippen LogP contribution in [0.4, 0.5) is 11.4 Å². The molecular formula is C46H47MoN6O10S4-. The van der Waals surface area contributed by atoms with E-state index in [4.69, 9.17) is 0 Å². The summed E-state index contributed by atoms with van der Waals surface area (Å²) in [5.74, 6) is -1.43. The minimum atomic E-state index is -4.63. The van der Waals surface area contributed by atoms with Crippen molar-refractivity contribution in [1.29, 1.82) is 0 Å². The molecule has 4 amide bonds. The molecule has 1 unspecified atom stereocenters. The third-order valence-electron chi connectivity index (χ3n) is 10.8. The molecule has 0 saturated carbocycles. The summed E-state index contributed by atoms with van der Waals surface area (Å²) in [6, 6.07) is 20.0. The predicted octanol–water partition coefficient (Wildman–Crippen LogP) is 5.38. The molecule has 0 aliphatic heterocycles. The molecule has 21 heteroatoms. The fraction of sp³-hybridized carbons (Fsp3) is 0.217. The first kappa shape index (κ1) is 52.3. The second-order valence-electron chi connectivity index (χ2n) is 15.4. The van der Waals surface area contributed by atoms with E-state index >= 15 is 0 Å². The molecule has 0 saturated heterocycles. The van der Waals surface area contributed by atoms with Crippen LogP contribution in [0.25, 0.3) is 32.3 Å². The van der Waals surface area contributed by atoms with Crippen molar-refractivity contribution in [3.63, 3.8) is 0 Å². The molecule has 1 atom stereocenters. The Morgan fingerprint density at radius 1 is 0.597 bits per heavy atom. The smallest absolute Gasteiger partial charge is 0.264 e. The number of anilines is 2. The molecule has 0 fully saturated rings. The molecule has 0 aliphatic rings. The maximum absolute atomic E-state index is 14.9. The summed E-state index contributed by atoms with van der Waals surface area (Å²) >= 11 is 1.81. The second kappa shape index (κ2) is 21.5. The van der Waals surface area contributed by atoms with Gasteiger partial charge in [0.15, 0.2) is 0 Å². The van der Waals surface area contributed by atoms with Crippen LogP contribution in [0.3, 0.4) is 0 Å². The van der Waals surface area contributed by atoms with Crippen LogP contribution in [0.2, 0.25) is 0 Å². The average Bonchev–Trinajstić information content (AvgIpc) is 3.29. The normalized spacial score (nSPS) is 12.0. The summed E-state index contributed by atoms with van der Waals surface area (Å²) in [5, 5.41) is 12.2. The molecule has 4 N–H and O–H groups in total. The van der Waals surface area contributed by atoms with Gasteiger partial charge in [0.1, 0.15) is 0 Å². The van der Waals surface area contributed by atoms with Crippen LogP contribution in [0, 0.1) is 0 Å². The van der Waals surface area contributed by atoms with Gasteiger partial charge < -0.3 is 25.8 Å². The first-order valence-electron chi connectivity index (χ1n) is 20.3. The number of sulfonamides is 2. The Labute approximate surface area is 411 Å². The number of thiol groups is 1. The van der Waals surface area contributed by atoms with Crippen molar-refractivity contribution in [1.82, 2.24) is 21.3 Å². The van der Waals surface area contributed by atoms with Crippen molar-refractivity contribution >= 4 is 111 Å². The molecule has 0 bridgehead atoms. The fourth-order valence-corrected chi connectivity index (χ4v) is 11.0. The number of rotatable bonds is 19. The van der Waals surface area contributed by atoms with Gasteiger partial charge in [0.05, 0.1) is 21.2 Å². The zero-order valence-corrected chi connectivity index (χ0v) is 42.1. The van der Waals surface area contributed by atoms with Crippen LogP contribution < -0.4 is 29.9 Å². The minimum absolute atomic E-state index is 0. The largest absolute Gasteiger partial charge is 0.768 e. The second-order valence-corrected chi connectivity index (χ2v) is 20.7. The van der Waals surface area contributed by atoms with Crippen molar-refractivity contribution < 1.29 is 65.8 Å². The molecule has 6 aromatic rings. The molecule has 0 heterocycles. The van der Waals surface area contributed by atoms with Crippen molar-refractivity contribution in [2.45, 2.75) is 46.3 Å². The summed E-state index contributed by atoms with van der Waals surface area (Å²) in [6.07, 6.45) is 0.906. The number of nitrogens with zero attached hydrogens (tertiary/aromatic N) is 2. The Morgan fingerprint density at radius 2 is 0.955 bits per heavy atom. The molecule has 16 nitrogen and oxygen atoms in total. The minimum Gasteiger partial charge on any atom is -0.768 e. The van der Waals surface area contributed by atoms with E-state index in [1.54, 1.807) is 19.9 Å². The Hall–Kier alpha value is -5.63. The maximum Gasteiger partial charge on any atom is 0.264 e. The molecule has 6 aromatic carbocycles. The van der Waals surface area contributed by atoms with E-state index in [0.29, 0.717) is 42.5 Å². The molecule has 352 valence electrons. The van der Waals surface area contributed by atoms with Gasteiger partial charge in [-0.3, -0.25) is 32.0 Å². The third-order valence-corrected chi connectivity index (χ3v) is 15.5. The van der Waals surface area contributed by atoms with Gasteiger partial charge in [0.25, 0.3) is 31.9 Å². The number of amides is 4. The first-order chi connectivity index (χ1) is 31.2. The quantitative estimate of drug-likeness (QED) is 0.0174. The number of hydrogen-bond acceptors (Lipinski definition) is 11. The number of nitrogens with one attached hydrogen (secondary N) is 4. The molecule has 67 heavy (non-hydrogen) atoms. The number of hydrogen-bond donors (Lipinski definition) is 5. The number of benzene rings is 6. The van der Waals surface area contributed by atoms with E-state index in [0.717, 1.165) is 14.7 Å². The SMILES string of the molecule is C=C(C)C(=O)NCCCNC(=O)c1ccc(N(C)S(=O)(=O)c2cc(S(=O)(=O)N(C)c3ccc(C(=O)NCCCNC(=O)C(=C)C)cc3)c3ccc4c(S(=O)[O-])cc(S)c5ccc2c3c54)cc1.[Mo]. The van der Waals surface area contributed by atoms with Crippen molar-refractivity contribution in [2.75, 3.05) is 48.9 Å². The predicted molar refractivity (Wildman–Crippen MR) is 258 cm³/mol. The Kier molecular flexibility index (Phi) is 16.8. The van der Waals surface area contributed by atoms with Crippen LogP contribution >= 0.6 is 12.6 Å². The van der Waals surface area contributed by atoms with Crippen LogP contribution in [0.1, 0.15) is 47.4 Å². The van der Waals surface area contributed by atoms with Gasteiger partial charge >= 0.3 is 0 Å². The van der Waals surface area contributed by atoms with Gasteiger partial charge in [-0.05, 0) is 115 Å². The van der Waals surface area contributed by atoms with Crippen molar-refractivity contribution in [3.8, 4) is 0 Å². The molecular weight excluding hydrogens is 1020 g/mol. The van der Waals surface area contributed by atoms with Gasteiger partial charge in [0.2, 0.25) is 11.8 Å². The van der Waals surface area contributed by atoms with Gasteiger partial charge in [-0.1, -0.05) is 37.4 Å². The number of carbonyl (C=O) groups is 4. The van der Waals surface area contributed by atoms with Gasteiger partial charge in [0, 0.05) is 110 Å². The van der Waals surface area contributed by atoms with Gasteiger partial charge in [-0.15, -0.1) is 12.6 Å². The summed E-state index contributed by atoms with van der Waals surface area (Å²) < 4.78 is 86.3. The van der Waals surface area contributed by atoms with E-state index in [1.165, 1.54) is 86.9 Å². The molecule has 0 aromatic heterocycles. The van der Waals surface area contributed by atoms with E-state index in [-0.39, 0.29) is 105 Å². The van der Waals surface area contributed by atoms with E-state index < -0.39 is 52.7 Å². The first-order valence-corrected chi connectivity index (χ1v) is 24.8. The fourth-order valence-electron chi connectivity index (χ4n) is 7.15. The van der Waals surface area contributed by atoms with E-state index in [2.05, 4.69) is 47.1 Å². The third kappa shape index (κ3) is 11.1.